The molecule has 1 fully saturated rings. The lowest BCUT2D eigenvalue weighted by Gasteiger charge is -2.40. The standard InChI is InChI=1S/C25H40N4O4.2ClH/c1-18(2)16-29(20-13-19(14-26-15-20)23(30)17-33-4)25(31)24-27-21-9-5-6-10-22(21)28(24)11-7-8-12-32-3;;/h5-6,9-10,18-20,23,26,30H,7-8,11-17H2,1-4H3;2*1H/t19-,20+,23-;;/m1../s1. The second-order valence-corrected chi connectivity index (χ2v) is 9.46. The molecule has 2 heterocycles. The van der Waals surface area contributed by atoms with Gasteiger partial charge in [0.1, 0.15) is 0 Å². The third-order valence-electron chi connectivity index (χ3n) is 6.33. The van der Waals surface area contributed by atoms with E-state index >= 15 is 0 Å². The molecule has 2 N–H and O–H groups in total. The molecule has 1 aliphatic rings. The van der Waals surface area contributed by atoms with Gasteiger partial charge in [-0.2, -0.15) is 0 Å². The average Bonchev–Trinajstić information content (AvgIpc) is 3.18. The van der Waals surface area contributed by atoms with Crippen LogP contribution >= 0.6 is 24.8 Å². The second-order valence-electron chi connectivity index (χ2n) is 9.46. The van der Waals surface area contributed by atoms with Crippen LogP contribution in [0.25, 0.3) is 11.0 Å². The van der Waals surface area contributed by atoms with Crippen molar-refractivity contribution in [1.82, 2.24) is 19.8 Å². The fourth-order valence-electron chi connectivity index (χ4n) is 4.69. The molecule has 1 aromatic carbocycles. The van der Waals surface area contributed by atoms with Crippen molar-refractivity contribution in [2.24, 2.45) is 11.8 Å². The SMILES string of the molecule is COCCCCn1c(C(=O)N(CC(C)C)[C@@H]2CNC[C@H]([C@H](O)COC)C2)nc2ccccc21.Cl.Cl. The lowest BCUT2D eigenvalue weighted by molar-refractivity contribution is 0.00229. The molecule has 1 amide bonds. The Morgan fingerprint density at radius 2 is 1.94 bits per heavy atom. The minimum atomic E-state index is -0.549. The zero-order valence-electron chi connectivity index (χ0n) is 21.3. The number of hydrogen-bond acceptors (Lipinski definition) is 6. The van der Waals surface area contributed by atoms with Crippen LogP contribution in [0.5, 0.6) is 0 Å². The Hall–Kier alpha value is -1.42. The van der Waals surface area contributed by atoms with Gasteiger partial charge < -0.3 is 29.4 Å². The molecule has 0 spiro atoms. The minimum Gasteiger partial charge on any atom is -0.390 e. The van der Waals surface area contributed by atoms with E-state index in [2.05, 4.69) is 23.7 Å². The molecule has 0 unspecified atom stereocenters. The van der Waals surface area contributed by atoms with Gasteiger partial charge in [0.25, 0.3) is 5.91 Å². The van der Waals surface area contributed by atoms with Crippen LogP contribution < -0.4 is 5.32 Å². The van der Waals surface area contributed by atoms with E-state index in [0.29, 0.717) is 38.0 Å². The van der Waals surface area contributed by atoms with Crippen LogP contribution in [0.3, 0.4) is 0 Å². The number of para-hydroxylation sites is 2. The van der Waals surface area contributed by atoms with Crippen molar-refractivity contribution in [3.05, 3.63) is 30.1 Å². The number of aromatic nitrogens is 2. The first-order valence-corrected chi connectivity index (χ1v) is 12.1. The van der Waals surface area contributed by atoms with Gasteiger partial charge in [0.15, 0.2) is 5.82 Å². The third kappa shape index (κ3) is 8.30. The summed E-state index contributed by atoms with van der Waals surface area (Å²) >= 11 is 0. The Balaban J connectivity index is 0.00000306. The largest absolute Gasteiger partial charge is 0.390 e. The van der Waals surface area contributed by atoms with Gasteiger partial charge in [0, 0.05) is 59.0 Å². The average molecular weight is 534 g/mol. The van der Waals surface area contributed by atoms with Gasteiger partial charge in [-0.25, -0.2) is 4.98 Å². The number of fused-ring (bicyclic) bond motifs is 1. The molecule has 35 heavy (non-hydrogen) atoms. The number of nitrogens with zero attached hydrogens (tertiary/aromatic N) is 3. The van der Waals surface area contributed by atoms with Crippen molar-refractivity contribution in [2.75, 3.05) is 47.1 Å². The first kappa shape index (κ1) is 31.6. The first-order chi connectivity index (χ1) is 16.0. The number of piperidine rings is 1. The van der Waals surface area contributed by atoms with Crippen LogP contribution in [0.15, 0.2) is 24.3 Å². The van der Waals surface area contributed by atoms with Crippen LogP contribution in [0.2, 0.25) is 0 Å². The highest BCUT2D eigenvalue weighted by atomic mass is 35.5. The summed E-state index contributed by atoms with van der Waals surface area (Å²) in [6, 6.07) is 7.93. The molecule has 8 nitrogen and oxygen atoms in total. The van der Waals surface area contributed by atoms with Gasteiger partial charge in [-0.15, -0.1) is 24.8 Å². The zero-order valence-corrected chi connectivity index (χ0v) is 22.9. The number of ether oxygens (including phenoxy) is 2. The Bertz CT molecular complexity index is 895. The number of halogens is 2. The number of hydrogen-bond donors (Lipinski definition) is 2. The van der Waals surface area contributed by atoms with Crippen molar-refractivity contribution < 1.29 is 19.4 Å². The summed E-state index contributed by atoms with van der Waals surface area (Å²) < 4.78 is 12.4. The number of carbonyl (C=O) groups is 1. The molecule has 0 aliphatic carbocycles. The number of benzene rings is 1. The number of imidazole rings is 1. The summed E-state index contributed by atoms with van der Waals surface area (Å²) in [5, 5.41) is 13.9. The van der Waals surface area contributed by atoms with Crippen molar-refractivity contribution in [1.29, 1.82) is 0 Å². The fourth-order valence-corrected chi connectivity index (χ4v) is 4.69. The first-order valence-electron chi connectivity index (χ1n) is 12.1. The Kier molecular flexibility index (Phi) is 14.1. The second kappa shape index (κ2) is 15.6. The van der Waals surface area contributed by atoms with Crippen molar-refractivity contribution in [3.63, 3.8) is 0 Å². The fraction of sp³-hybridized carbons (Fsp3) is 0.680. The monoisotopic (exact) mass is 532 g/mol. The van der Waals surface area contributed by atoms with E-state index < -0.39 is 6.10 Å². The molecule has 2 aromatic rings. The molecule has 10 heteroatoms. The number of carbonyl (C=O) groups excluding carboxylic acids is 1. The Morgan fingerprint density at radius 3 is 2.63 bits per heavy atom. The lowest BCUT2D eigenvalue weighted by Crippen LogP contribution is -2.54. The number of unbranched alkanes of at least 4 members (excludes halogenated alkanes) is 1. The maximum atomic E-state index is 14.0. The van der Waals surface area contributed by atoms with Crippen molar-refractivity contribution >= 4 is 41.8 Å². The Morgan fingerprint density at radius 1 is 1.20 bits per heavy atom. The number of aliphatic hydroxyl groups excluding tert-OH is 1. The Labute approximate surface area is 221 Å². The van der Waals surface area contributed by atoms with Gasteiger partial charge in [-0.3, -0.25) is 4.79 Å². The van der Waals surface area contributed by atoms with Gasteiger partial charge in [0.2, 0.25) is 0 Å². The summed E-state index contributed by atoms with van der Waals surface area (Å²) in [6.07, 6.45) is 2.03. The highest BCUT2D eigenvalue weighted by Gasteiger charge is 2.35. The zero-order chi connectivity index (χ0) is 23.8. The molecule has 0 saturated carbocycles. The van der Waals surface area contributed by atoms with Crippen LogP contribution in [0.1, 0.15) is 43.7 Å². The number of amides is 1. The molecule has 3 atom stereocenters. The smallest absolute Gasteiger partial charge is 0.290 e. The minimum absolute atomic E-state index is 0. The third-order valence-corrected chi connectivity index (χ3v) is 6.33. The quantitative estimate of drug-likeness (QED) is 0.407. The summed E-state index contributed by atoms with van der Waals surface area (Å²) in [5.41, 5.74) is 1.82. The molecule has 3 rings (SSSR count). The van der Waals surface area contributed by atoms with Crippen LogP contribution in [0.4, 0.5) is 0 Å². The molecule has 1 aromatic heterocycles. The predicted octanol–water partition coefficient (Wildman–Crippen LogP) is 3.39. The van der Waals surface area contributed by atoms with E-state index in [1.807, 2.05) is 29.2 Å². The van der Waals surface area contributed by atoms with E-state index in [1.165, 1.54) is 0 Å². The lowest BCUT2D eigenvalue weighted by atomic mass is 9.89. The molecule has 1 saturated heterocycles. The van der Waals surface area contributed by atoms with Crippen LogP contribution in [-0.4, -0.2) is 84.7 Å². The van der Waals surface area contributed by atoms with Crippen molar-refractivity contribution in [2.45, 2.75) is 51.8 Å². The van der Waals surface area contributed by atoms with E-state index in [9.17, 15) is 9.90 Å². The van der Waals surface area contributed by atoms with E-state index in [4.69, 9.17) is 14.5 Å². The summed E-state index contributed by atoms with van der Waals surface area (Å²) in [7, 11) is 3.31. The molecule has 1 aliphatic heterocycles. The van der Waals surface area contributed by atoms with Crippen LogP contribution in [-0.2, 0) is 16.0 Å². The number of rotatable bonds is 12. The van der Waals surface area contributed by atoms with Gasteiger partial charge in [-0.05, 0) is 37.3 Å². The normalized spacial score (nSPS) is 18.7. The maximum Gasteiger partial charge on any atom is 0.290 e. The van der Waals surface area contributed by atoms with E-state index in [0.717, 1.165) is 43.4 Å². The van der Waals surface area contributed by atoms with Gasteiger partial charge in [0.05, 0.1) is 23.7 Å². The maximum absolute atomic E-state index is 14.0. The van der Waals surface area contributed by atoms with Gasteiger partial charge >= 0.3 is 0 Å². The summed E-state index contributed by atoms with van der Waals surface area (Å²) in [4.78, 5) is 20.7. The van der Waals surface area contributed by atoms with Gasteiger partial charge in [-0.1, -0.05) is 26.0 Å². The molecular formula is C25H42Cl2N4O4. The van der Waals surface area contributed by atoms with E-state index in [1.54, 1.807) is 14.2 Å². The van der Waals surface area contributed by atoms with Crippen LogP contribution in [0, 0.1) is 11.8 Å². The highest BCUT2D eigenvalue weighted by Crippen LogP contribution is 2.24. The number of methoxy groups -OCH3 is 2. The predicted molar refractivity (Wildman–Crippen MR) is 144 cm³/mol. The summed E-state index contributed by atoms with van der Waals surface area (Å²) in [5.74, 6) is 0.811. The topological polar surface area (TPSA) is 88.9 Å². The molecule has 0 radical (unpaired) electrons. The summed E-state index contributed by atoms with van der Waals surface area (Å²) in [6.45, 7) is 8.06. The molecular weight excluding hydrogens is 491 g/mol. The number of aliphatic hydroxyl groups is 1. The van der Waals surface area contributed by atoms with Crippen molar-refractivity contribution in [3.8, 4) is 0 Å². The van der Waals surface area contributed by atoms with E-state index in [-0.39, 0.29) is 42.7 Å². The number of aryl methyl sites for hydroxylation is 1. The molecule has 0 bridgehead atoms. The highest BCUT2D eigenvalue weighted by molar-refractivity contribution is 5.95. The number of nitrogens with one attached hydrogen (secondary N) is 1. The molecule has 200 valence electrons.